The van der Waals surface area contributed by atoms with Gasteiger partial charge >= 0.3 is 0 Å². The first-order valence-corrected chi connectivity index (χ1v) is 11.3. The Kier molecular flexibility index (Phi) is 5.74. The Morgan fingerprint density at radius 2 is 2.03 bits per heavy atom. The number of carbonyl (C=O) groups is 1. The van der Waals surface area contributed by atoms with Gasteiger partial charge in [-0.15, -0.1) is 0 Å². The predicted molar refractivity (Wildman–Crippen MR) is 114 cm³/mol. The van der Waals surface area contributed by atoms with Crippen molar-refractivity contribution in [3.8, 4) is 0 Å². The van der Waals surface area contributed by atoms with E-state index in [-0.39, 0.29) is 16.9 Å². The Morgan fingerprint density at radius 3 is 2.77 bits per heavy atom. The minimum absolute atomic E-state index is 0.0798. The number of anilines is 1. The molecule has 0 bridgehead atoms. The normalized spacial score (nSPS) is 16.6. The second-order valence-corrected chi connectivity index (χ2v) is 8.93. The molecule has 0 aliphatic carbocycles. The number of sulfonamides is 1. The van der Waals surface area contributed by atoms with E-state index in [1.165, 1.54) is 0 Å². The van der Waals surface area contributed by atoms with E-state index >= 15 is 0 Å². The molecule has 1 saturated heterocycles. The Bertz CT molecular complexity index is 1150. The molecule has 1 aromatic heterocycles. The molecule has 0 spiro atoms. The molecule has 4 rings (SSSR count). The Labute approximate surface area is 175 Å². The lowest BCUT2D eigenvalue weighted by Gasteiger charge is -2.10. The van der Waals surface area contributed by atoms with E-state index in [0.29, 0.717) is 30.8 Å². The first kappa shape index (κ1) is 20.4. The van der Waals surface area contributed by atoms with Crippen LogP contribution in [-0.4, -0.2) is 43.1 Å². The van der Waals surface area contributed by atoms with Crippen LogP contribution in [-0.2, 0) is 33.0 Å². The highest BCUT2D eigenvalue weighted by atomic mass is 32.2. The van der Waals surface area contributed by atoms with Gasteiger partial charge in [0.15, 0.2) is 0 Å². The summed E-state index contributed by atoms with van der Waals surface area (Å²) in [6, 6.07) is 13.5. The number of hydrogen-bond donors (Lipinski definition) is 2. The molecule has 1 atom stereocenters. The van der Waals surface area contributed by atoms with E-state index in [0.717, 1.165) is 24.2 Å². The third kappa shape index (κ3) is 4.31. The third-order valence-electron chi connectivity index (χ3n) is 5.15. The first-order chi connectivity index (χ1) is 14.4. The lowest BCUT2D eigenvalue weighted by atomic mass is 10.2. The van der Waals surface area contributed by atoms with Crippen molar-refractivity contribution >= 4 is 32.7 Å². The summed E-state index contributed by atoms with van der Waals surface area (Å²) in [6.45, 7) is 1.10. The van der Waals surface area contributed by atoms with E-state index in [9.17, 15) is 13.2 Å². The number of fused-ring (bicyclic) bond motifs is 1. The van der Waals surface area contributed by atoms with Crippen molar-refractivity contribution < 1.29 is 17.9 Å². The maximum absolute atomic E-state index is 12.5. The highest BCUT2D eigenvalue weighted by Gasteiger charge is 2.23. The zero-order valence-corrected chi connectivity index (χ0v) is 17.5. The Morgan fingerprint density at radius 1 is 1.23 bits per heavy atom. The molecule has 8 nitrogen and oxygen atoms in total. The van der Waals surface area contributed by atoms with Gasteiger partial charge in [0, 0.05) is 26.6 Å². The van der Waals surface area contributed by atoms with Crippen LogP contribution in [0.1, 0.15) is 18.7 Å². The molecule has 2 N–H and O–H groups in total. The number of carbonyl (C=O) groups excluding carboxylic acids is 1. The molecular formula is C21H24N4O4S. The molecule has 0 saturated carbocycles. The average molecular weight is 429 g/mol. The van der Waals surface area contributed by atoms with Crippen LogP contribution in [0.15, 0.2) is 53.4 Å². The van der Waals surface area contributed by atoms with E-state index < -0.39 is 10.0 Å². The zero-order chi connectivity index (χ0) is 21.1. The summed E-state index contributed by atoms with van der Waals surface area (Å²) in [4.78, 5) is 16.9. The SMILES string of the molecule is Cn1c(CCNC(=O)[C@H]2CCCO2)nc2cc(NS(=O)(=O)c3ccccc3)ccc21. The highest BCUT2D eigenvalue weighted by molar-refractivity contribution is 7.92. The van der Waals surface area contributed by atoms with Crippen molar-refractivity contribution in [3.05, 3.63) is 54.4 Å². The van der Waals surface area contributed by atoms with Crippen molar-refractivity contribution in [1.29, 1.82) is 0 Å². The molecule has 30 heavy (non-hydrogen) atoms. The number of aromatic nitrogens is 2. The van der Waals surface area contributed by atoms with Crippen molar-refractivity contribution in [2.45, 2.75) is 30.3 Å². The summed E-state index contributed by atoms with van der Waals surface area (Å²) in [5.41, 5.74) is 2.02. The lowest BCUT2D eigenvalue weighted by Crippen LogP contribution is -2.35. The summed E-state index contributed by atoms with van der Waals surface area (Å²) in [5.74, 6) is 0.726. The number of aryl methyl sites for hydroxylation is 1. The van der Waals surface area contributed by atoms with Crippen molar-refractivity contribution in [1.82, 2.24) is 14.9 Å². The van der Waals surface area contributed by atoms with Crippen LogP contribution < -0.4 is 10.0 Å². The molecule has 1 amide bonds. The number of imidazole rings is 1. The van der Waals surface area contributed by atoms with Crippen LogP contribution in [0, 0.1) is 0 Å². The lowest BCUT2D eigenvalue weighted by molar-refractivity contribution is -0.130. The summed E-state index contributed by atoms with van der Waals surface area (Å²) in [7, 11) is -1.76. The first-order valence-electron chi connectivity index (χ1n) is 9.86. The maximum atomic E-state index is 12.5. The topological polar surface area (TPSA) is 102 Å². The zero-order valence-electron chi connectivity index (χ0n) is 16.7. The van der Waals surface area contributed by atoms with Gasteiger partial charge in [0.1, 0.15) is 11.9 Å². The average Bonchev–Trinajstić information content (AvgIpc) is 3.37. The number of nitrogens with one attached hydrogen (secondary N) is 2. The molecule has 1 aliphatic heterocycles. The third-order valence-corrected chi connectivity index (χ3v) is 6.55. The van der Waals surface area contributed by atoms with Gasteiger partial charge in [-0.05, 0) is 43.2 Å². The van der Waals surface area contributed by atoms with Crippen LogP contribution >= 0.6 is 0 Å². The Balaban J connectivity index is 1.45. The highest BCUT2D eigenvalue weighted by Crippen LogP contribution is 2.22. The van der Waals surface area contributed by atoms with Crippen molar-refractivity contribution in [3.63, 3.8) is 0 Å². The van der Waals surface area contributed by atoms with Crippen LogP contribution in [0.25, 0.3) is 11.0 Å². The maximum Gasteiger partial charge on any atom is 0.261 e. The second-order valence-electron chi connectivity index (χ2n) is 7.25. The summed E-state index contributed by atoms with van der Waals surface area (Å²) < 4.78 is 35.0. The second kappa shape index (κ2) is 8.45. The number of benzene rings is 2. The van der Waals surface area contributed by atoms with Gasteiger partial charge in [0.2, 0.25) is 5.91 Å². The standard InChI is InChI=1S/C21H24N4O4S/c1-25-18-10-9-15(24-30(27,28)16-6-3-2-4-7-16)14-17(18)23-20(25)11-12-22-21(26)19-8-5-13-29-19/h2-4,6-7,9-10,14,19,24H,5,8,11-13H2,1H3,(H,22,26)/t19-/m1/s1. The number of hydrogen-bond acceptors (Lipinski definition) is 5. The van der Waals surface area contributed by atoms with Gasteiger partial charge in [0.25, 0.3) is 10.0 Å². The van der Waals surface area contributed by atoms with Gasteiger partial charge in [-0.3, -0.25) is 9.52 Å². The predicted octanol–water partition coefficient (Wildman–Crippen LogP) is 2.21. The van der Waals surface area contributed by atoms with E-state index in [1.54, 1.807) is 42.5 Å². The molecule has 3 aromatic rings. The largest absolute Gasteiger partial charge is 0.368 e. The van der Waals surface area contributed by atoms with E-state index in [1.807, 2.05) is 17.7 Å². The quantitative estimate of drug-likeness (QED) is 0.601. The molecule has 158 valence electrons. The number of nitrogens with zero attached hydrogens (tertiary/aromatic N) is 2. The van der Waals surface area contributed by atoms with Crippen LogP contribution in [0.3, 0.4) is 0 Å². The monoisotopic (exact) mass is 428 g/mol. The molecule has 1 aliphatic rings. The summed E-state index contributed by atoms with van der Waals surface area (Å²) >= 11 is 0. The minimum atomic E-state index is -3.66. The minimum Gasteiger partial charge on any atom is -0.368 e. The van der Waals surface area contributed by atoms with Gasteiger partial charge in [-0.1, -0.05) is 18.2 Å². The van der Waals surface area contributed by atoms with Crippen LogP contribution in [0.4, 0.5) is 5.69 Å². The van der Waals surface area contributed by atoms with Crippen molar-refractivity contribution in [2.24, 2.45) is 7.05 Å². The van der Waals surface area contributed by atoms with Gasteiger partial charge < -0.3 is 14.6 Å². The fourth-order valence-corrected chi connectivity index (χ4v) is 4.62. The van der Waals surface area contributed by atoms with E-state index in [4.69, 9.17) is 4.74 Å². The number of ether oxygens (including phenoxy) is 1. The molecule has 0 unspecified atom stereocenters. The fourth-order valence-electron chi connectivity index (χ4n) is 3.55. The summed E-state index contributed by atoms with van der Waals surface area (Å²) in [6.07, 6.45) is 1.90. The smallest absolute Gasteiger partial charge is 0.261 e. The van der Waals surface area contributed by atoms with Crippen LogP contribution in [0.2, 0.25) is 0 Å². The van der Waals surface area contributed by atoms with Crippen LogP contribution in [0.5, 0.6) is 0 Å². The fraction of sp³-hybridized carbons (Fsp3) is 0.333. The number of rotatable bonds is 7. The van der Waals surface area contributed by atoms with Crippen molar-refractivity contribution in [2.75, 3.05) is 17.9 Å². The van der Waals surface area contributed by atoms with Gasteiger partial charge in [-0.25, -0.2) is 13.4 Å². The molecule has 1 fully saturated rings. The Hall–Kier alpha value is -2.91. The molecule has 2 heterocycles. The molecule has 9 heteroatoms. The van der Waals surface area contributed by atoms with Gasteiger partial charge in [-0.2, -0.15) is 0 Å². The summed E-state index contributed by atoms with van der Waals surface area (Å²) in [5, 5.41) is 2.90. The van der Waals surface area contributed by atoms with Gasteiger partial charge in [0.05, 0.1) is 21.6 Å². The van der Waals surface area contributed by atoms with E-state index in [2.05, 4.69) is 15.0 Å². The molecule has 2 aromatic carbocycles. The molecular weight excluding hydrogens is 404 g/mol. The molecule has 0 radical (unpaired) electrons. The number of amides is 1.